The maximum absolute atomic E-state index is 13.0. The van der Waals surface area contributed by atoms with Crippen molar-refractivity contribution in [3.8, 4) is 0 Å². The molecule has 0 bridgehead atoms. The number of allylic oxidation sites excluding steroid dienone is 2. The van der Waals surface area contributed by atoms with Crippen molar-refractivity contribution < 1.29 is 30.0 Å². The second-order valence-electron chi connectivity index (χ2n) is 18.3. The van der Waals surface area contributed by atoms with Crippen molar-refractivity contribution >= 4 is 5.97 Å². The molecule has 6 aliphatic carbocycles. The van der Waals surface area contributed by atoms with Gasteiger partial charge in [0.2, 0.25) is 0 Å². The monoisotopic (exact) mass is 598 g/mol. The molecule has 1 heterocycles. The number of carboxylic acids is 1. The summed E-state index contributed by atoms with van der Waals surface area (Å²) in [7, 11) is 0. The number of aliphatic hydroxyl groups is 3. The summed E-state index contributed by atoms with van der Waals surface area (Å²) in [5.74, 6) is 1.68. The van der Waals surface area contributed by atoms with Crippen molar-refractivity contribution in [3.05, 3.63) is 11.6 Å². The van der Waals surface area contributed by atoms with Crippen LogP contribution in [0, 0.1) is 62.1 Å². The van der Waals surface area contributed by atoms with E-state index in [1.807, 2.05) is 0 Å². The summed E-state index contributed by atoms with van der Waals surface area (Å²) >= 11 is 0. The lowest BCUT2D eigenvalue weighted by Gasteiger charge is -2.71. The van der Waals surface area contributed by atoms with Crippen molar-refractivity contribution in [1.29, 1.82) is 0 Å². The van der Waals surface area contributed by atoms with Crippen LogP contribution in [-0.4, -0.2) is 56.9 Å². The van der Waals surface area contributed by atoms with E-state index in [9.17, 15) is 25.2 Å². The molecule has 0 spiro atoms. The third-order valence-electron chi connectivity index (χ3n) is 16.6. The summed E-state index contributed by atoms with van der Waals surface area (Å²) in [5, 5.41) is 42.2. The number of carbonyl (C=O) groups is 1. The van der Waals surface area contributed by atoms with Crippen LogP contribution in [0.3, 0.4) is 0 Å². The lowest BCUT2D eigenvalue weighted by Crippen LogP contribution is -2.65. The van der Waals surface area contributed by atoms with E-state index < -0.39 is 41.9 Å². The van der Waals surface area contributed by atoms with Gasteiger partial charge < -0.3 is 25.2 Å². The van der Waals surface area contributed by atoms with Gasteiger partial charge in [-0.3, -0.25) is 4.79 Å². The molecule has 6 fully saturated rings. The standard InChI is InChI=1S/C37H58O6/c1-20-28(38)30(40)29(39)24(43-20)18-21-10-12-34(5)25(32(21,2)3)11-13-36(7)26(34)9-8-22-27-23-19-33(23,4)14-16-37(27,31(41)42)17-15-35(22,36)6/h8,20-21,23-30,38-40H,9-19H2,1-7H3,(H,41,42)/t20?,21-,23?,24+,25?,26?,27?,28+,29?,30?,33-,34+,35-,36-,37+/m1/s1. The van der Waals surface area contributed by atoms with Crippen LogP contribution < -0.4 is 0 Å². The number of fused-ring (bicyclic) bond motifs is 9. The van der Waals surface area contributed by atoms with Gasteiger partial charge in [0.1, 0.15) is 18.3 Å². The fourth-order valence-electron chi connectivity index (χ4n) is 13.5. The minimum Gasteiger partial charge on any atom is -0.481 e. The average Bonchev–Trinajstić information content (AvgIpc) is 3.63. The Hall–Kier alpha value is -0.950. The van der Waals surface area contributed by atoms with Gasteiger partial charge in [-0.2, -0.15) is 0 Å². The van der Waals surface area contributed by atoms with Gasteiger partial charge in [0.05, 0.1) is 17.6 Å². The molecular weight excluding hydrogens is 540 g/mol. The number of ether oxygens (including phenoxy) is 1. The lowest BCUT2D eigenvalue weighted by atomic mass is 9.33. The van der Waals surface area contributed by atoms with E-state index in [0.29, 0.717) is 35.5 Å². The highest BCUT2D eigenvalue weighted by Gasteiger charge is 2.73. The molecule has 6 heteroatoms. The highest BCUT2D eigenvalue weighted by Crippen LogP contribution is 2.79. The summed E-state index contributed by atoms with van der Waals surface area (Å²) in [6.45, 7) is 16.8. The largest absolute Gasteiger partial charge is 0.481 e. The zero-order valence-electron chi connectivity index (χ0n) is 27.7. The van der Waals surface area contributed by atoms with Crippen molar-refractivity contribution in [2.45, 2.75) is 150 Å². The topological polar surface area (TPSA) is 107 Å². The molecule has 5 saturated carbocycles. The molecule has 0 aromatic carbocycles. The van der Waals surface area contributed by atoms with Gasteiger partial charge in [-0.05, 0) is 134 Å². The molecule has 6 nitrogen and oxygen atoms in total. The molecule has 7 unspecified atom stereocenters. The summed E-state index contributed by atoms with van der Waals surface area (Å²) in [6, 6.07) is 0. The smallest absolute Gasteiger partial charge is 0.310 e. The molecule has 242 valence electrons. The first-order valence-corrected chi connectivity index (χ1v) is 17.6. The Labute approximate surface area is 259 Å². The average molecular weight is 599 g/mol. The van der Waals surface area contributed by atoms with Gasteiger partial charge in [0, 0.05) is 0 Å². The lowest BCUT2D eigenvalue weighted by molar-refractivity contribution is -0.231. The quantitative estimate of drug-likeness (QED) is 0.282. The SMILES string of the molecule is CC1O[C@@H](C[C@H]2CC[C@@]3(C)C(CC[C@]4(C)C3CC=C3C5C6C[C@@]6(C)CC[C@]5(C(=O)O)CC[C@]34C)C2(C)C)C(O)C(O)[C@H]1O. The first kappa shape index (κ1) is 30.7. The van der Waals surface area contributed by atoms with E-state index in [1.54, 1.807) is 6.92 Å². The summed E-state index contributed by atoms with van der Waals surface area (Å²) in [4.78, 5) is 13.0. The predicted molar refractivity (Wildman–Crippen MR) is 165 cm³/mol. The minimum absolute atomic E-state index is 0.0442. The minimum atomic E-state index is -1.17. The van der Waals surface area contributed by atoms with E-state index >= 15 is 0 Å². The molecule has 1 aliphatic heterocycles. The zero-order chi connectivity index (χ0) is 31.1. The third-order valence-corrected chi connectivity index (χ3v) is 16.6. The Bertz CT molecular complexity index is 1210. The van der Waals surface area contributed by atoms with Crippen LogP contribution in [0.15, 0.2) is 11.6 Å². The van der Waals surface area contributed by atoms with Gasteiger partial charge in [-0.15, -0.1) is 0 Å². The number of hydrogen-bond donors (Lipinski definition) is 4. The first-order valence-electron chi connectivity index (χ1n) is 17.6. The highest BCUT2D eigenvalue weighted by atomic mass is 16.5. The molecule has 0 amide bonds. The summed E-state index contributed by atoms with van der Waals surface area (Å²) in [5.41, 5.74) is 1.74. The van der Waals surface area contributed by atoms with Gasteiger partial charge in [-0.25, -0.2) is 0 Å². The van der Waals surface area contributed by atoms with Crippen molar-refractivity contribution in [2.75, 3.05) is 0 Å². The van der Waals surface area contributed by atoms with Crippen LogP contribution in [0.1, 0.15) is 119 Å². The maximum atomic E-state index is 13.0. The van der Waals surface area contributed by atoms with Crippen LogP contribution in [0.2, 0.25) is 0 Å². The molecule has 0 aromatic heterocycles. The fourth-order valence-corrected chi connectivity index (χ4v) is 13.5. The third kappa shape index (κ3) is 3.82. The van der Waals surface area contributed by atoms with Crippen LogP contribution in [0.4, 0.5) is 0 Å². The van der Waals surface area contributed by atoms with Gasteiger partial charge in [0.25, 0.3) is 0 Å². The number of carboxylic acid groups (broad SMARTS) is 1. The number of rotatable bonds is 3. The van der Waals surface area contributed by atoms with Gasteiger partial charge in [0.15, 0.2) is 0 Å². The molecule has 7 aliphatic rings. The number of hydrogen-bond acceptors (Lipinski definition) is 5. The zero-order valence-corrected chi connectivity index (χ0v) is 27.7. The van der Waals surface area contributed by atoms with E-state index in [4.69, 9.17) is 4.74 Å². The van der Waals surface area contributed by atoms with Crippen LogP contribution in [0.5, 0.6) is 0 Å². The first-order chi connectivity index (χ1) is 20.0. The second kappa shape index (κ2) is 9.32. The Morgan fingerprint density at radius 1 is 0.884 bits per heavy atom. The van der Waals surface area contributed by atoms with Gasteiger partial charge >= 0.3 is 5.97 Å². The molecular formula is C37H58O6. The van der Waals surface area contributed by atoms with Crippen molar-refractivity contribution in [1.82, 2.24) is 0 Å². The van der Waals surface area contributed by atoms with Crippen molar-refractivity contribution in [2.24, 2.45) is 62.1 Å². The van der Waals surface area contributed by atoms with E-state index in [2.05, 4.69) is 47.6 Å². The molecule has 0 radical (unpaired) electrons. The van der Waals surface area contributed by atoms with Gasteiger partial charge in [-0.1, -0.05) is 53.2 Å². The molecule has 1 saturated heterocycles. The van der Waals surface area contributed by atoms with Crippen molar-refractivity contribution in [3.63, 3.8) is 0 Å². The number of aliphatic carboxylic acids is 1. The Kier molecular flexibility index (Phi) is 6.65. The predicted octanol–water partition coefficient (Wildman–Crippen LogP) is 6.36. The fraction of sp³-hybridized carbons (Fsp3) is 0.919. The molecule has 0 aromatic rings. The number of aliphatic hydroxyl groups excluding tert-OH is 3. The van der Waals surface area contributed by atoms with Crippen LogP contribution in [0.25, 0.3) is 0 Å². The Balaban J connectivity index is 1.19. The molecule has 43 heavy (non-hydrogen) atoms. The molecule has 4 N–H and O–H groups in total. The van der Waals surface area contributed by atoms with E-state index in [-0.39, 0.29) is 27.6 Å². The molecule has 7 rings (SSSR count). The Morgan fingerprint density at radius 3 is 2.28 bits per heavy atom. The molecule has 15 atom stereocenters. The Morgan fingerprint density at radius 2 is 1.58 bits per heavy atom. The normalized spacial score (nSPS) is 58.5. The maximum Gasteiger partial charge on any atom is 0.310 e. The second-order valence-corrected chi connectivity index (χ2v) is 18.3. The van der Waals surface area contributed by atoms with E-state index in [1.165, 1.54) is 24.8 Å². The van der Waals surface area contributed by atoms with Crippen LogP contribution in [-0.2, 0) is 9.53 Å². The highest BCUT2D eigenvalue weighted by molar-refractivity contribution is 5.77. The van der Waals surface area contributed by atoms with E-state index in [0.717, 1.165) is 44.9 Å². The summed E-state index contributed by atoms with van der Waals surface area (Å²) in [6.07, 6.45) is 9.63. The summed E-state index contributed by atoms with van der Waals surface area (Å²) < 4.78 is 6.09. The van der Waals surface area contributed by atoms with Crippen LogP contribution >= 0.6 is 0 Å².